The number of rotatable bonds is 4. The average molecular weight is 313 g/mol. The van der Waals surface area contributed by atoms with E-state index in [1.807, 2.05) is 24.4 Å². The monoisotopic (exact) mass is 313 g/mol. The zero-order chi connectivity index (χ0) is 15.5. The summed E-state index contributed by atoms with van der Waals surface area (Å²) in [5, 5.41) is 4.69. The first-order valence-corrected chi connectivity index (χ1v) is 7.23. The Bertz CT molecular complexity index is 608. The number of carbonyl (C=O) groups excluding carboxylic acids is 1. The van der Waals surface area contributed by atoms with Crippen LogP contribution in [-0.2, 0) is 17.4 Å². The SMILES string of the molecule is C[C@@H](NC(=O)Cc1cccc(C(F)(F)F)c1)c1cccs1. The molecule has 0 aliphatic rings. The number of alkyl halides is 3. The molecule has 0 unspecified atom stereocenters. The van der Waals surface area contributed by atoms with Crippen LogP contribution in [0.25, 0.3) is 0 Å². The van der Waals surface area contributed by atoms with E-state index >= 15 is 0 Å². The van der Waals surface area contributed by atoms with Crippen LogP contribution in [-0.4, -0.2) is 5.91 Å². The molecule has 0 saturated heterocycles. The van der Waals surface area contributed by atoms with E-state index in [1.54, 1.807) is 0 Å². The van der Waals surface area contributed by atoms with Crippen molar-refractivity contribution < 1.29 is 18.0 Å². The number of amides is 1. The Balaban J connectivity index is 2.00. The van der Waals surface area contributed by atoms with E-state index < -0.39 is 11.7 Å². The molecule has 1 N–H and O–H groups in total. The van der Waals surface area contributed by atoms with E-state index in [2.05, 4.69) is 5.32 Å². The van der Waals surface area contributed by atoms with Crippen LogP contribution in [0.5, 0.6) is 0 Å². The Labute approximate surface area is 124 Å². The second-order valence-corrected chi connectivity index (χ2v) is 5.66. The first kappa shape index (κ1) is 15.6. The van der Waals surface area contributed by atoms with Crippen LogP contribution in [0.3, 0.4) is 0 Å². The van der Waals surface area contributed by atoms with Crippen LogP contribution < -0.4 is 5.32 Å². The van der Waals surface area contributed by atoms with Crippen molar-refractivity contribution in [1.29, 1.82) is 0 Å². The summed E-state index contributed by atoms with van der Waals surface area (Å²) in [7, 11) is 0. The standard InChI is InChI=1S/C15H14F3NOS/c1-10(13-6-3-7-21-13)19-14(20)9-11-4-2-5-12(8-11)15(16,17)18/h2-8,10H,9H2,1H3,(H,19,20)/t10-/m1/s1. The summed E-state index contributed by atoms with van der Waals surface area (Å²) in [6.45, 7) is 1.84. The third-order valence-electron chi connectivity index (χ3n) is 2.97. The highest BCUT2D eigenvalue weighted by Crippen LogP contribution is 2.29. The molecule has 0 aliphatic carbocycles. The third-order valence-corrected chi connectivity index (χ3v) is 4.02. The van der Waals surface area contributed by atoms with Gasteiger partial charge in [0.05, 0.1) is 18.0 Å². The molecule has 1 atom stereocenters. The molecule has 1 aromatic heterocycles. The van der Waals surface area contributed by atoms with Crippen LogP contribution in [0, 0.1) is 0 Å². The van der Waals surface area contributed by atoms with Gasteiger partial charge in [0.15, 0.2) is 0 Å². The van der Waals surface area contributed by atoms with E-state index in [0.29, 0.717) is 5.56 Å². The van der Waals surface area contributed by atoms with Gasteiger partial charge in [-0.2, -0.15) is 13.2 Å². The van der Waals surface area contributed by atoms with Crippen molar-refractivity contribution in [2.24, 2.45) is 0 Å². The highest BCUT2D eigenvalue weighted by molar-refractivity contribution is 7.10. The highest BCUT2D eigenvalue weighted by atomic mass is 32.1. The van der Waals surface area contributed by atoms with Gasteiger partial charge < -0.3 is 5.32 Å². The predicted octanol–water partition coefficient (Wildman–Crippen LogP) is 4.19. The van der Waals surface area contributed by atoms with Crippen LogP contribution in [0.4, 0.5) is 13.2 Å². The summed E-state index contributed by atoms with van der Waals surface area (Å²) in [6, 6.07) is 8.47. The molecule has 0 aliphatic heterocycles. The van der Waals surface area contributed by atoms with Gasteiger partial charge in [-0.1, -0.05) is 24.3 Å². The summed E-state index contributed by atoms with van der Waals surface area (Å²) < 4.78 is 37.8. The van der Waals surface area contributed by atoms with Crippen LogP contribution in [0.15, 0.2) is 41.8 Å². The maximum atomic E-state index is 12.6. The molecule has 21 heavy (non-hydrogen) atoms. The minimum atomic E-state index is -4.39. The number of hydrogen-bond acceptors (Lipinski definition) is 2. The second kappa shape index (κ2) is 6.30. The summed E-state index contributed by atoms with van der Waals surface area (Å²) in [4.78, 5) is 12.9. The average Bonchev–Trinajstić information content (AvgIpc) is 2.91. The third kappa shape index (κ3) is 4.32. The summed E-state index contributed by atoms with van der Waals surface area (Å²) in [5.41, 5.74) is -0.389. The zero-order valence-electron chi connectivity index (χ0n) is 11.3. The Kier molecular flexibility index (Phi) is 4.67. The topological polar surface area (TPSA) is 29.1 Å². The number of halogens is 3. The molecule has 0 fully saturated rings. The maximum Gasteiger partial charge on any atom is 0.416 e. The Morgan fingerprint density at radius 2 is 2.05 bits per heavy atom. The van der Waals surface area contributed by atoms with Crippen molar-refractivity contribution >= 4 is 17.2 Å². The summed E-state index contributed by atoms with van der Waals surface area (Å²) >= 11 is 1.52. The summed E-state index contributed by atoms with van der Waals surface area (Å²) in [6.07, 6.45) is -4.46. The van der Waals surface area contributed by atoms with Gasteiger partial charge in [0.2, 0.25) is 5.91 Å². The molecule has 2 nitrogen and oxygen atoms in total. The van der Waals surface area contributed by atoms with Crippen molar-refractivity contribution in [3.8, 4) is 0 Å². The zero-order valence-corrected chi connectivity index (χ0v) is 12.1. The van der Waals surface area contributed by atoms with Crippen LogP contribution >= 0.6 is 11.3 Å². The number of thiophene rings is 1. The van der Waals surface area contributed by atoms with Gasteiger partial charge in [-0.05, 0) is 30.0 Å². The van der Waals surface area contributed by atoms with E-state index in [1.165, 1.54) is 23.5 Å². The molecule has 0 saturated carbocycles. The van der Waals surface area contributed by atoms with Gasteiger partial charge in [-0.3, -0.25) is 4.79 Å². The van der Waals surface area contributed by atoms with Crippen molar-refractivity contribution in [2.75, 3.05) is 0 Å². The molecule has 1 heterocycles. The lowest BCUT2D eigenvalue weighted by Gasteiger charge is -2.13. The predicted molar refractivity (Wildman–Crippen MR) is 76.0 cm³/mol. The normalized spacial score (nSPS) is 13.0. The Morgan fingerprint density at radius 3 is 2.67 bits per heavy atom. The largest absolute Gasteiger partial charge is 0.416 e. The van der Waals surface area contributed by atoms with E-state index in [0.717, 1.165) is 17.0 Å². The molecule has 0 radical (unpaired) electrons. The van der Waals surface area contributed by atoms with E-state index in [-0.39, 0.29) is 18.4 Å². The molecule has 1 aromatic carbocycles. The Hall–Kier alpha value is -1.82. The van der Waals surface area contributed by atoms with Crippen molar-refractivity contribution in [3.05, 3.63) is 57.8 Å². The van der Waals surface area contributed by atoms with E-state index in [9.17, 15) is 18.0 Å². The van der Waals surface area contributed by atoms with Gasteiger partial charge in [-0.25, -0.2) is 0 Å². The fraction of sp³-hybridized carbons (Fsp3) is 0.267. The molecule has 0 bridgehead atoms. The van der Waals surface area contributed by atoms with Gasteiger partial charge in [0.25, 0.3) is 0 Å². The molecule has 112 valence electrons. The van der Waals surface area contributed by atoms with Gasteiger partial charge in [0.1, 0.15) is 0 Å². The van der Waals surface area contributed by atoms with E-state index in [4.69, 9.17) is 0 Å². The van der Waals surface area contributed by atoms with Gasteiger partial charge >= 0.3 is 6.18 Å². The molecular weight excluding hydrogens is 299 g/mol. The Morgan fingerprint density at radius 1 is 1.29 bits per heavy atom. The highest BCUT2D eigenvalue weighted by Gasteiger charge is 2.30. The lowest BCUT2D eigenvalue weighted by atomic mass is 10.1. The minimum Gasteiger partial charge on any atom is -0.348 e. The van der Waals surface area contributed by atoms with Crippen LogP contribution in [0.1, 0.15) is 29.0 Å². The lowest BCUT2D eigenvalue weighted by Crippen LogP contribution is -2.27. The van der Waals surface area contributed by atoms with Crippen molar-refractivity contribution in [2.45, 2.75) is 25.6 Å². The maximum absolute atomic E-state index is 12.6. The second-order valence-electron chi connectivity index (χ2n) is 4.68. The number of carbonyl (C=O) groups is 1. The first-order valence-electron chi connectivity index (χ1n) is 6.35. The fourth-order valence-corrected chi connectivity index (χ4v) is 2.68. The minimum absolute atomic E-state index is 0.0698. The number of nitrogens with one attached hydrogen (secondary N) is 1. The lowest BCUT2D eigenvalue weighted by molar-refractivity contribution is -0.137. The fourth-order valence-electron chi connectivity index (χ4n) is 1.94. The summed E-state index contributed by atoms with van der Waals surface area (Å²) in [5.74, 6) is -0.296. The van der Waals surface area contributed by atoms with Crippen molar-refractivity contribution in [1.82, 2.24) is 5.32 Å². The number of benzene rings is 1. The molecule has 2 rings (SSSR count). The molecule has 6 heteroatoms. The smallest absolute Gasteiger partial charge is 0.348 e. The quantitative estimate of drug-likeness (QED) is 0.901. The molecule has 0 spiro atoms. The first-order chi connectivity index (χ1) is 9.86. The molecular formula is C15H14F3NOS. The molecule has 1 amide bonds. The van der Waals surface area contributed by atoms with Crippen molar-refractivity contribution in [3.63, 3.8) is 0 Å². The van der Waals surface area contributed by atoms with Crippen LogP contribution in [0.2, 0.25) is 0 Å². The van der Waals surface area contributed by atoms with Gasteiger partial charge in [-0.15, -0.1) is 11.3 Å². The molecule has 2 aromatic rings. The van der Waals surface area contributed by atoms with Gasteiger partial charge in [0, 0.05) is 4.88 Å². The number of hydrogen-bond donors (Lipinski definition) is 1.